The molecule has 0 bridgehead atoms. The van der Waals surface area contributed by atoms with E-state index in [2.05, 4.69) is 20.8 Å². The molecule has 0 aromatic heterocycles. The maximum atomic E-state index is 14.7. The lowest BCUT2D eigenvalue weighted by molar-refractivity contribution is -0.205. The zero-order valence-corrected chi connectivity index (χ0v) is 28.5. The number of fused-ring (bicyclic) bond motifs is 3. The number of hydrogen-bond donors (Lipinski definition) is 2. The summed E-state index contributed by atoms with van der Waals surface area (Å²) in [6, 6.07) is 10.1. The van der Waals surface area contributed by atoms with Gasteiger partial charge in [0.15, 0.2) is 28.7 Å². The van der Waals surface area contributed by atoms with Crippen LogP contribution in [0.1, 0.15) is 102 Å². The van der Waals surface area contributed by atoms with Gasteiger partial charge in [0.2, 0.25) is 0 Å². The van der Waals surface area contributed by atoms with E-state index in [0.717, 1.165) is 42.9 Å². The number of ketones is 5. The van der Waals surface area contributed by atoms with E-state index in [0.29, 0.717) is 23.5 Å². The molecular formula is C39H48O7. The highest BCUT2D eigenvalue weighted by Gasteiger charge is 2.76. The van der Waals surface area contributed by atoms with Gasteiger partial charge in [-0.1, -0.05) is 79.2 Å². The van der Waals surface area contributed by atoms with Crippen LogP contribution >= 0.6 is 0 Å². The second-order valence-electron chi connectivity index (χ2n) is 15.2. The molecule has 0 saturated heterocycles. The van der Waals surface area contributed by atoms with Gasteiger partial charge in [-0.3, -0.25) is 24.0 Å². The van der Waals surface area contributed by atoms with Crippen molar-refractivity contribution in [3.05, 3.63) is 52.6 Å². The van der Waals surface area contributed by atoms with E-state index in [-0.39, 0.29) is 30.1 Å². The SMILES string of the molecule is CCc1ccc(-c2cc(CCC(C)CC)c(O)c3c2C[C@]2(C)C[C@]4(C)C(C(C)C)C(=O)C(C(C)=O)C(=O)[C@]4(O)C(=O)C2C3=O)cc1. The van der Waals surface area contributed by atoms with E-state index in [1.165, 1.54) is 0 Å². The lowest BCUT2D eigenvalue weighted by Crippen LogP contribution is -2.76. The predicted octanol–water partition coefficient (Wildman–Crippen LogP) is 6.30. The first-order chi connectivity index (χ1) is 21.5. The Balaban J connectivity index is 1.75. The number of phenols is 1. The maximum Gasteiger partial charge on any atom is 0.190 e. The Bertz CT molecular complexity index is 1630. The Morgan fingerprint density at radius 3 is 2.17 bits per heavy atom. The third kappa shape index (κ3) is 4.75. The summed E-state index contributed by atoms with van der Waals surface area (Å²) in [4.78, 5) is 69.8. The van der Waals surface area contributed by atoms with Crippen molar-refractivity contribution in [1.29, 1.82) is 0 Å². The summed E-state index contributed by atoms with van der Waals surface area (Å²) in [6.45, 7) is 14.4. The van der Waals surface area contributed by atoms with Gasteiger partial charge in [-0.2, -0.15) is 0 Å². The van der Waals surface area contributed by atoms with Gasteiger partial charge in [-0.05, 0) is 90.2 Å². The van der Waals surface area contributed by atoms with Gasteiger partial charge >= 0.3 is 0 Å². The highest BCUT2D eigenvalue weighted by Crippen LogP contribution is 2.64. The topological polar surface area (TPSA) is 126 Å². The van der Waals surface area contributed by atoms with E-state index in [4.69, 9.17) is 0 Å². The first kappa shape index (κ1) is 33.9. The molecule has 3 aliphatic carbocycles. The number of aromatic hydroxyl groups is 1. The molecule has 0 heterocycles. The van der Waals surface area contributed by atoms with Gasteiger partial charge in [-0.15, -0.1) is 0 Å². The average molecular weight is 629 g/mol. The zero-order valence-electron chi connectivity index (χ0n) is 28.5. The van der Waals surface area contributed by atoms with Gasteiger partial charge in [-0.25, -0.2) is 0 Å². The molecule has 0 amide bonds. The van der Waals surface area contributed by atoms with Crippen LogP contribution in [0.5, 0.6) is 5.75 Å². The van der Waals surface area contributed by atoms with Crippen LogP contribution in [0.4, 0.5) is 0 Å². The lowest BCUT2D eigenvalue weighted by Gasteiger charge is -2.62. The summed E-state index contributed by atoms with van der Waals surface area (Å²) < 4.78 is 0. The minimum Gasteiger partial charge on any atom is -0.507 e. The highest BCUT2D eigenvalue weighted by molar-refractivity contribution is 6.32. The number of carbonyl (C=O) groups excluding carboxylic acids is 5. The average Bonchev–Trinajstić information content (AvgIpc) is 2.98. The Morgan fingerprint density at radius 1 is 1.00 bits per heavy atom. The van der Waals surface area contributed by atoms with Crippen molar-refractivity contribution in [3.8, 4) is 16.9 Å². The lowest BCUT2D eigenvalue weighted by atomic mass is 9.39. The highest BCUT2D eigenvalue weighted by atomic mass is 16.3. The van der Waals surface area contributed by atoms with Crippen LogP contribution in [0.3, 0.4) is 0 Å². The fourth-order valence-corrected chi connectivity index (χ4v) is 9.23. The van der Waals surface area contributed by atoms with E-state index in [9.17, 15) is 34.2 Å². The minimum atomic E-state index is -2.70. The smallest absolute Gasteiger partial charge is 0.190 e. The van der Waals surface area contributed by atoms with Gasteiger partial charge in [0.25, 0.3) is 0 Å². The summed E-state index contributed by atoms with van der Waals surface area (Å²) in [7, 11) is 0. The molecule has 246 valence electrons. The molecule has 7 nitrogen and oxygen atoms in total. The molecule has 4 unspecified atom stereocenters. The van der Waals surface area contributed by atoms with E-state index in [1.54, 1.807) is 20.8 Å². The molecule has 2 saturated carbocycles. The molecule has 2 aromatic rings. The number of Topliss-reactive ketones (excluding diaryl/α,β-unsaturated/α-hetero) is 5. The van der Waals surface area contributed by atoms with Gasteiger partial charge < -0.3 is 10.2 Å². The first-order valence-electron chi connectivity index (χ1n) is 16.8. The zero-order chi connectivity index (χ0) is 34.1. The maximum absolute atomic E-state index is 14.7. The Hall–Kier alpha value is -3.45. The van der Waals surface area contributed by atoms with Crippen LogP contribution in [0, 0.1) is 40.4 Å². The molecule has 3 aliphatic rings. The number of benzene rings is 2. The van der Waals surface area contributed by atoms with E-state index in [1.807, 2.05) is 37.3 Å². The fraction of sp³-hybridized carbons (Fsp3) is 0.564. The van der Waals surface area contributed by atoms with Gasteiger partial charge in [0.05, 0.1) is 11.5 Å². The number of rotatable bonds is 8. The molecule has 5 rings (SSSR count). The summed E-state index contributed by atoms with van der Waals surface area (Å²) in [5, 5.41) is 24.0. The minimum absolute atomic E-state index is 0.0355. The van der Waals surface area contributed by atoms with Crippen LogP contribution in [0.2, 0.25) is 0 Å². The summed E-state index contributed by atoms with van der Waals surface area (Å²) >= 11 is 0. The van der Waals surface area contributed by atoms with Gasteiger partial charge in [0, 0.05) is 11.3 Å². The van der Waals surface area contributed by atoms with Crippen molar-refractivity contribution in [2.24, 2.45) is 40.4 Å². The predicted molar refractivity (Wildman–Crippen MR) is 176 cm³/mol. The number of hydrogen-bond acceptors (Lipinski definition) is 7. The monoisotopic (exact) mass is 628 g/mol. The third-order valence-corrected chi connectivity index (χ3v) is 11.7. The number of phenolic OH excluding ortho intramolecular Hbond substituents is 1. The first-order valence-corrected chi connectivity index (χ1v) is 16.8. The summed E-state index contributed by atoms with van der Waals surface area (Å²) in [5.74, 6) is -8.30. The molecular weight excluding hydrogens is 580 g/mol. The number of aliphatic hydroxyl groups is 1. The molecule has 2 N–H and O–H groups in total. The van der Waals surface area contributed by atoms with Crippen LogP contribution in [-0.4, -0.2) is 44.7 Å². The van der Waals surface area contributed by atoms with E-state index >= 15 is 0 Å². The molecule has 7 heteroatoms. The Labute approximate surface area is 272 Å². The molecule has 2 fully saturated rings. The van der Waals surface area contributed by atoms with Crippen LogP contribution in [-0.2, 0) is 38.4 Å². The van der Waals surface area contributed by atoms with Crippen LogP contribution < -0.4 is 0 Å². The van der Waals surface area contributed by atoms with Crippen molar-refractivity contribution in [2.45, 2.75) is 99.5 Å². The molecule has 0 spiro atoms. The largest absolute Gasteiger partial charge is 0.507 e. The van der Waals surface area contributed by atoms with Gasteiger partial charge in [0.1, 0.15) is 17.5 Å². The number of carbonyl (C=O) groups is 5. The number of aryl methyl sites for hydroxylation is 2. The van der Waals surface area contributed by atoms with Crippen molar-refractivity contribution < 1.29 is 34.2 Å². The van der Waals surface area contributed by atoms with Crippen molar-refractivity contribution in [1.82, 2.24) is 0 Å². The van der Waals surface area contributed by atoms with Crippen molar-refractivity contribution in [2.75, 3.05) is 0 Å². The Morgan fingerprint density at radius 2 is 1.63 bits per heavy atom. The molecule has 46 heavy (non-hydrogen) atoms. The van der Waals surface area contributed by atoms with E-state index < -0.39 is 63.1 Å². The second kappa shape index (κ2) is 11.7. The second-order valence-corrected chi connectivity index (χ2v) is 15.2. The normalized spacial score (nSPS) is 31.4. The molecule has 0 radical (unpaired) electrons. The molecule has 0 aliphatic heterocycles. The molecule has 7 atom stereocenters. The van der Waals surface area contributed by atoms with Crippen molar-refractivity contribution in [3.63, 3.8) is 0 Å². The summed E-state index contributed by atoms with van der Waals surface area (Å²) in [6.07, 6.45) is 3.44. The quantitative estimate of drug-likeness (QED) is 0.329. The van der Waals surface area contributed by atoms with Crippen LogP contribution in [0.15, 0.2) is 30.3 Å². The third-order valence-electron chi connectivity index (χ3n) is 11.7. The van der Waals surface area contributed by atoms with Crippen molar-refractivity contribution >= 4 is 28.9 Å². The standard InChI is InChI=1S/C39H48O7/c1-9-21(5)11-14-25-17-26(24-15-12-23(10-2)13-16-24)27-18-37(7)19-38(8)30(20(3)4)33(42)28(22(6)40)35(44)39(38,46)36(45)31(37)34(43)29(27)32(25)41/h12-13,15-17,20-21,28,30-31,41,46H,9-11,14,18-19H2,1-8H3/t21?,28?,30?,31?,37-,38-,39+/m1/s1. The summed E-state index contributed by atoms with van der Waals surface area (Å²) in [5.41, 5.74) is -1.11. The fourth-order valence-electron chi connectivity index (χ4n) is 9.23. The Kier molecular flexibility index (Phi) is 8.59. The van der Waals surface area contributed by atoms with Crippen LogP contribution in [0.25, 0.3) is 11.1 Å². The molecule has 2 aromatic carbocycles.